The summed E-state index contributed by atoms with van der Waals surface area (Å²) in [6, 6.07) is 13.4. The molecule has 0 radical (unpaired) electrons. The summed E-state index contributed by atoms with van der Waals surface area (Å²) in [5, 5.41) is 10.3. The zero-order valence-electron chi connectivity index (χ0n) is 14.0. The fraction of sp³-hybridized carbons (Fsp3) is 0.316. The molecule has 4 nitrogen and oxygen atoms in total. The first-order valence-electron chi connectivity index (χ1n) is 8.10. The van der Waals surface area contributed by atoms with E-state index in [0.29, 0.717) is 15.6 Å². The van der Waals surface area contributed by atoms with E-state index in [9.17, 15) is 0 Å². The normalized spacial score (nSPS) is 15.0. The second kappa shape index (κ2) is 7.97. The van der Waals surface area contributed by atoms with Gasteiger partial charge in [-0.15, -0.1) is 0 Å². The molecule has 0 aliphatic carbocycles. The molecule has 130 valence electrons. The van der Waals surface area contributed by atoms with Crippen LogP contribution in [0.15, 0.2) is 36.4 Å². The number of halogens is 2. The molecule has 0 N–H and O–H groups in total. The first kappa shape index (κ1) is 17.9. The van der Waals surface area contributed by atoms with Crippen LogP contribution in [0.5, 0.6) is 5.75 Å². The Morgan fingerprint density at radius 2 is 1.84 bits per heavy atom. The van der Waals surface area contributed by atoms with Crippen molar-refractivity contribution in [2.24, 2.45) is 0 Å². The Bertz CT molecular complexity index is 796. The largest absolute Gasteiger partial charge is 0.496 e. The molecule has 0 amide bonds. The van der Waals surface area contributed by atoms with Gasteiger partial charge in [0, 0.05) is 43.3 Å². The van der Waals surface area contributed by atoms with E-state index >= 15 is 0 Å². The van der Waals surface area contributed by atoms with E-state index in [1.165, 1.54) is 0 Å². The Balaban J connectivity index is 1.64. The summed E-state index contributed by atoms with van der Waals surface area (Å²) in [6.07, 6.45) is 0. The van der Waals surface area contributed by atoms with Gasteiger partial charge in [0.2, 0.25) is 0 Å². The smallest absolute Gasteiger partial charge is 0.124 e. The van der Waals surface area contributed by atoms with E-state index in [4.69, 9.17) is 33.2 Å². The monoisotopic (exact) mass is 375 g/mol. The van der Waals surface area contributed by atoms with Gasteiger partial charge in [-0.1, -0.05) is 29.3 Å². The van der Waals surface area contributed by atoms with Crippen LogP contribution in [0.3, 0.4) is 0 Å². The van der Waals surface area contributed by atoms with E-state index < -0.39 is 0 Å². The number of ether oxygens (including phenoxy) is 1. The van der Waals surface area contributed by atoms with Crippen LogP contribution >= 0.6 is 23.2 Å². The average Bonchev–Trinajstić information content (AvgIpc) is 2.63. The molecule has 0 bridgehead atoms. The van der Waals surface area contributed by atoms with E-state index in [1.54, 1.807) is 19.2 Å². The van der Waals surface area contributed by atoms with Crippen LogP contribution in [0.25, 0.3) is 0 Å². The molecule has 1 heterocycles. The molecule has 2 aromatic rings. The lowest BCUT2D eigenvalue weighted by molar-refractivity contribution is 0.246. The molecule has 1 saturated heterocycles. The van der Waals surface area contributed by atoms with Crippen LogP contribution in [-0.2, 0) is 6.54 Å². The number of methoxy groups -OCH3 is 1. The molecule has 1 fully saturated rings. The topological polar surface area (TPSA) is 39.5 Å². The van der Waals surface area contributed by atoms with Gasteiger partial charge in [0.05, 0.1) is 29.5 Å². The molecule has 25 heavy (non-hydrogen) atoms. The van der Waals surface area contributed by atoms with Crippen LogP contribution in [0.4, 0.5) is 5.69 Å². The third-order valence-corrected chi connectivity index (χ3v) is 4.97. The summed E-state index contributed by atoms with van der Waals surface area (Å²) in [7, 11) is 1.64. The SMILES string of the molecule is COc1cc(C#N)ccc1CN1CCN(c2ccc(Cl)cc2Cl)CC1. The molecule has 6 heteroatoms. The van der Waals surface area contributed by atoms with Gasteiger partial charge >= 0.3 is 0 Å². The molecule has 0 spiro atoms. The molecular formula is C19H19Cl2N3O. The summed E-state index contributed by atoms with van der Waals surface area (Å²) in [5.41, 5.74) is 2.74. The maximum absolute atomic E-state index is 9.01. The number of piperazine rings is 1. The van der Waals surface area contributed by atoms with Gasteiger partial charge in [-0.3, -0.25) is 4.90 Å². The lowest BCUT2D eigenvalue weighted by Gasteiger charge is -2.36. The van der Waals surface area contributed by atoms with Crippen LogP contribution in [0, 0.1) is 11.3 Å². The van der Waals surface area contributed by atoms with Gasteiger partial charge in [-0.2, -0.15) is 5.26 Å². The number of hydrogen-bond donors (Lipinski definition) is 0. The minimum absolute atomic E-state index is 0.614. The third-order valence-electron chi connectivity index (χ3n) is 4.43. The first-order valence-corrected chi connectivity index (χ1v) is 8.85. The number of nitrogens with zero attached hydrogens (tertiary/aromatic N) is 3. The number of hydrogen-bond acceptors (Lipinski definition) is 4. The molecule has 0 atom stereocenters. The standard InChI is InChI=1S/C19H19Cl2N3O/c1-25-19-10-14(12-22)2-3-15(19)13-23-6-8-24(9-7-23)18-5-4-16(20)11-17(18)21/h2-5,10-11H,6-9,13H2,1H3. The van der Waals surface area contributed by atoms with E-state index in [0.717, 1.165) is 49.7 Å². The highest BCUT2D eigenvalue weighted by Crippen LogP contribution is 2.30. The van der Waals surface area contributed by atoms with Gasteiger partial charge in [0.1, 0.15) is 5.75 Å². The number of benzene rings is 2. The highest BCUT2D eigenvalue weighted by Gasteiger charge is 2.20. The fourth-order valence-corrected chi connectivity index (χ4v) is 3.60. The minimum Gasteiger partial charge on any atom is -0.496 e. The quantitative estimate of drug-likeness (QED) is 0.802. The predicted octanol–water partition coefficient (Wildman–Crippen LogP) is 4.20. The highest BCUT2D eigenvalue weighted by molar-refractivity contribution is 6.36. The van der Waals surface area contributed by atoms with Crippen molar-refractivity contribution in [1.29, 1.82) is 5.26 Å². The Hall–Kier alpha value is -1.93. The van der Waals surface area contributed by atoms with Gasteiger partial charge < -0.3 is 9.64 Å². The Morgan fingerprint density at radius 1 is 1.08 bits per heavy atom. The molecule has 1 aliphatic rings. The Kier molecular flexibility index (Phi) is 5.70. The van der Waals surface area contributed by atoms with Gasteiger partial charge in [0.25, 0.3) is 0 Å². The number of nitriles is 1. The van der Waals surface area contributed by atoms with E-state index in [2.05, 4.69) is 15.9 Å². The summed E-state index contributed by atoms with van der Waals surface area (Å²) < 4.78 is 5.43. The molecule has 1 aliphatic heterocycles. The molecule has 3 rings (SSSR count). The maximum atomic E-state index is 9.01. The molecule has 2 aromatic carbocycles. The van der Waals surface area contributed by atoms with Gasteiger partial charge in [-0.05, 0) is 30.3 Å². The average molecular weight is 376 g/mol. The highest BCUT2D eigenvalue weighted by atomic mass is 35.5. The van der Waals surface area contributed by atoms with Crippen molar-refractivity contribution in [1.82, 2.24) is 4.90 Å². The maximum Gasteiger partial charge on any atom is 0.124 e. The molecule has 0 aromatic heterocycles. The molecule has 0 unspecified atom stereocenters. The number of anilines is 1. The summed E-state index contributed by atoms with van der Waals surface area (Å²) in [5.74, 6) is 0.766. The predicted molar refractivity (Wildman–Crippen MR) is 102 cm³/mol. The zero-order valence-corrected chi connectivity index (χ0v) is 15.5. The minimum atomic E-state index is 0.614. The second-order valence-corrected chi connectivity index (χ2v) is 6.84. The van der Waals surface area contributed by atoms with E-state index in [1.807, 2.05) is 24.3 Å². The summed E-state index contributed by atoms with van der Waals surface area (Å²) in [4.78, 5) is 4.66. The van der Waals surface area contributed by atoms with Crippen molar-refractivity contribution in [2.75, 3.05) is 38.2 Å². The first-order chi connectivity index (χ1) is 12.1. The van der Waals surface area contributed by atoms with Gasteiger partial charge in [-0.25, -0.2) is 0 Å². The lowest BCUT2D eigenvalue weighted by atomic mass is 10.1. The van der Waals surface area contributed by atoms with Crippen LogP contribution in [0.1, 0.15) is 11.1 Å². The van der Waals surface area contributed by atoms with Crippen molar-refractivity contribution < 1.29 is 4.74 Å². The summed E-state index contributed by atoms with van der Waals surface area (Å²) in [6.45, 7) is 4.47. The van der Waals surface area contributed by atoms with Crippen molar-refractivity contribution in [3.63, 3.8) is 0 Å². The molecule has 0 saturated carbocycles. The van der Waals surface area contributed by atoms with Crippen molar-refractivity contribution in [3.05, 3.63) is 57.6 Å². The van der Waals surface area contributed by atoms with Crippen LogP contribution in [-0.4, -0.2) is 38.2 Å². The van der Waals surface area contributed by atoms with Gasteiger partial charge in [0.15, 0.2) is 0 Å². The zero-order chi connectivity index (χ0) is 17.8. The number of rotatable bonds is 4. The van der Waals surface area contributed by atoms with Crippen LogP contribution < -0.4 is 9.64 Å². The molecular weight excluding hydrogens is 357 g/mol. The fourth-order valence-electron chi connectivity index (χ4n) is 3.07. The Labute approximate surface area is 158 Å². The van der Waals surface area contributed by atoms with Crippen LogP contribution in [0.2, 0.25) is 10.0 Å². The summed E-state index contributed by atoms with van der Waals surface area (Å²) >= 11 is 12.3. The third kappa shape index (κ3) is 4.19. The Morgan fingerprint density at radius 3 is 2.48 bits per heavy atom. The van der Waals surface area contributed by atoms with E-state index in [-0.39, 0.29) is 0 Å². The van der Waals surface area contributed by atoms with Crippen molar-refractivity contribution >= 4 is 28.9 Å². The second-order valence-electron chi connectivity index (χ2n) is 6.00. The van der Waals surface area contributed by atoms with Crippen molar-refractivity contribution in [2.45, 2.75) is 6.54 Å². The lowest BCUT2D eigenvalue weighted by Crippen LogP contribution is -2.46. The van der Waals surface area contributed by atoms with Crippen molar-refractivity contribution in [3.8, 4) is 11.8 Å².